The van der Waals surface area contributed by atoms with Crippen LogP contribution in [0.4, 0.5) is 0 Å². The second-order valence-electron chi connectivity index (χ2n) is 4.89. The van der Waals surface area contributed by atoms with Gasteiger partial charge in [0.2, 0.25) is 5.91 Å². The van der Waals surface area contributed by atoms with Gasteiger partial charge in [-0.05, 0) is 26.2 Å². The number of hydrogen-bond donors (Lipinski definition) is 1. The first-order chi connectivity index (χ1) is 7.52. The van der Waals surface area contributed by atoms with Crippen molar-refractivity contribution in [2.24, 2.45) is 5.92 Å². The van der Waals surface area contributed by atoms with E-state index >= 15 is 0 Å². The van der Waals surface area contributed by atoms with Crippen LogP contribution in [0.15, 0.2) is 0 Å². The predicted octanol–water partition coefficient (Wildman–Crippen LogP) is 1.22. The second kappa shape index (κ2) is 6.21. The van der Waals surface area contributed by atoms with Gasteiger partial charge in [0.1, 0.15) is 0 Å². The molecule has 1 amide bonds. The van der Waals surface area contributed by atoms with Crippen molar-refractivity contribution < 1.29 is 9.53 Å². The van der Waals surface area contributed by atoms with E-state index in [4.69, 9.17) is 4.74 Å². The highest BCUT2D eigenvalue weighted by molar-refractivity contribution is 5.83. The fourth-order valence-corrected chi connectivity index (χ4v) is 1.85. The quantitative estimate of drug-likeness (QED) is 0.695. The van der Waals surface area contributed by atoms with Crippen LogP contribution in [0, 0.1) is 5.92 Å². The lowest BCUT2D eigenvalue weighted by atomic mass is 10.1. The highest BCUT2D eigenvalue weighted by Crippen LogP contribution is 2.09. The zero-order chi connectivity index (χ0) is 12.1. The SMILES string of the molecule is CC(C)CCOCCN1C(=O)C(C)NC1C. The monoisotopic (exact) mass is 228 g/mol. The van der Waals surface area contributed by atoms with E-state index < -0.39 is 0 Å². The van der Waals surface area contributed by atoms with Gasteiger partial charge in [-0.25, -0.2) is 0 Å². The summed E-state index contributed by atoms with van der Waals surface area (Å²) in [4.78, 5) is 13.5. The molecule has 16 heavy (non-hydrogen) atoms. The Bertz CT molecular complexity index is 231. The zero-order valence-electron chi connectivity index (χ0n) is 10.8. The van der Waals surface area contributed by atoms with Crippen LogP contribution in [0.2, 0.25) is 0 Å². The van der Waals surface area contributed by atoms with Crippen LogP contribution in [0.1, 0.15) is 34.1 Å². The summed E-state index contributed by atoms with van der Waals surface area (Å²) >= 11 is 0. The van der Waals surface area contributed by atoms with Gasteiger partial charge in [0.05, 0.1) is 18.8 Å². The third kappa shape index (κ3) is 3.76. The molecule has 1 rings (SSSR count). The number of nitrogens with zero attached hydrogens (tertiary/aromatic N) is 1. The molecule has 0 aromatic carbocycles. The molecule has 0 saturated carbocycles. The van der Waals surface area contributed by atoms with Crippen molar-refractivity contribution in [2.45, 2.75) is 46.3 Å². The van der Waals surface area contributed by atoms with Crippen molar-refractivity contribution in [2.75, 3.05) is 19.8 Å². The van der Waals surface area contributed by atoms with Crippen LogP contribution in [0.3, 0.4) is 0 Å². The molecule has 4 nitrogen and oxygen atoms in total. The maximum absolute atomic E-state index is 11.7. The molecule has 0 aromatic rings. The van der Waals surface area contributed by atoms with Crippen molar-refractivity contribution in [1.29, 1.82) is 0 Å². The summed E-state index contributed by atoms with van der Waals surface area (Å²) < 4.78 is 5.52. The topological polar surface area (TPSA) is 41.6 Å². The predicted molar refractivity (Wildman–Crippen MR) is 64.0 cm³/mol. The first-order valence-electron chi connectivity index (χ1n) is 6.16. The Kier molecular flexibility index (Phi) is 5.22. The smallest absolute Gasteiger partial charge is 0.240 e. The summed E-state index contributed by atoms with van der Waals surface area (Å²) in [5.74, 6) is 0.856. The van der Waals surface area contributed by atoms with Crippen molar-refractivity contribution in [1.82, 2.24) is 10.2 Å². The third-order valence-corrected chi connectivity index (χ3v) is 2.93. The number of rotatable bonds is 6. The fraction of sp³-hybridized carbons (Fsp3) is 0.917. The Hall–Kier alpha value is -0.610. The molecule has 1 aliphatic rings. The first kappa shape index (κ1) is 13.5. The molecule has 1 saturated heterocycles. The summed E-state index contributed by atoms with van der Waals surface area (Å²) in [6, 6.07) is -0.0503. The summed E-state index contributed by atoms with van der Waals surface area (Å²) in [5.41, 5.74) is 0. The normalized spacial score (nSPS) is 25.8. The van der Waals surface area contributed by atoms with Gasteiger partial charge in [0, 0.05) is 13.2 Å². The molecular formula is C12H24N2O2. The Morgan fingerprint density at radius 2 is 2.06 bits per heavy atom. The van der Waals surface area contributed by atoms with Gasteiger partial charge in [-0.2, -0.15) is 0 Å². The number of carbonyl (C=O) groups is 1. The van der Waals surface area contributed by atoms with Crippen LogP contribution in [0.5, 0.6) is 0 Å². The third-order valence-electron chi connectivity index (χ3n) is 2.93. The number of carbonyl (C=O) groups excluding carboxylic acids is 1. The summed E-state index contributed by atoms with van der Waals surface area (Å²) in [7, 11) is 0. The number of ether oxygens (including phenoxy) is 1. The Morgan fingerprint density at radius 3 is 2.56 bits per heavy atom. The molecule has 2 atom stereocenters. The van der Waals surface area contributed by atoms with Gasteiger partial charge in [-0.15, -0.1) is 0 Å². The molecule has 1 aliphatic heterocycles. The highest BCUT2D eigenvalue weighted by atomic mass is 16.5. The van der Waals surface area contributed by atoms with Gasteiger partial charge < -0.3 is 9.64 Å². The van der Waals surface area contributed by atoms with Crippen LogP contribution >= 0.6 is 0 Å². The highest BCUT2D eigenvalue weighted by Gasteiger charge is 2.32. The maximum Gasteiger partial charge on any atom is 0.240 e. The lowest BCUT2D eigenvalue weighted by Crippen LogP contribution is -2.37. The van der Waals surface area contributed by atoms with Gasteiger partial charge in [0.25, 0.3) is 0 Å². The van der Waals surface area contributed by atoms with Gasteiger partial charge in [-0.1, -0.05) is 13.8 Å². The molecule has 0 spiro atoms. The summed E-state index contributed by atoms with van der Waals surface area (Å²) in [6.45, 7) is 10.4. The van der Waals surface area contributed by atoms with E-state index in [9.17, 15) is 4.79 Å². The van der Waals surface area contributed by atoms with Crippen molar-refractivity contribution in [3.63, 3.8) is 0 Å². The minimum absolute atomic E-state index is 0.0503. The molecule has 4 heteroatoms. The minimum Gasteiger partial charge on any atom is -0.380 e. The minimum atomic E-state index is -0.0503. The molecule has 1 heterocycles. The average Bonchev–Trinajstić information content (AvgIpc) is 2.43. The Morgan fingerprint density at radius 1 is 1.38 bits per heavy atom. The van der Waals surface area contributed by atoms with Crippen LogP contribution < -0.4 is 5.32 Å². The van der Waals surface area contributed by atoms with E-state index in [2.05, 4.69) is 19.2 Å². The number of hydrogen-bond acceptors (Lipinski definition) is 3. The molecule has 94 valence electrons. The van der Waals surface area contributed by atoms with Crippen LogP contribution in [-0.4, -0.2) is 42.8 Å². The molecular weight excluding hydrogens is 204 g/mol. The van der Waals surface area contributed by atoms with Gasteiger partial charge >= 0.3 is 0 Å². The van der Waals surface area contributed by atoms with E-state index in [-0.39, 0.29) is 18.1 Å². The maximum atomic E-state index is 11.7. The molecule has 0 aliphatic carbocycles. The van der Waals surface area contributed by atoms with Crippen LogP contribution in [-0.2, 0) is 9.53 Å². The molecule has 2 unspecified atom stereocenters. The lowest BCUT2D eigenvalue weighted by molar-refractivity contribution is -0.130. The van der Waals surface area contributed by atoms with E-state index in [0.29, 0.717) is 19.1 Å². The van der Waals surface area contributed by atoms with E-state index in [1.54, 1.807) is 0 Å². The molecule has 0 bridgehead atoms. The van der Waals surface area contributed by atoms with Gasteiger partial charge in [-0.3, -0.25) is 10.1 Å². The second-order valence-corrected chi connectivity index (χ2v) is 4.89. The Balaban J connectivity index is 2.15. The van der Waals surface area contributed by atoms with E-state index in [1.165, 1.54) is 0 Å². The van der Waals surface area contributed by atoms with E-state index in [0.717, 1.165) is 13.0 Å². The molecule has 0 aromatic heterocycles. The Labute approximate surface area is 98.3 Å². The average molecular weight is 228 g/mol. The summed E-state index contributed by atoms with van der Waals surface area (Å²) in [5, 5.41) is 3.20. The number of nitrogens with one attached hydrogen (secondary N) is 1. The summed E-state index contributed by atoms with van der Waals surface area (Å²) in [6.07, 6.45) is 1.22. The van der Waals surface area contributed by atoms with Crippen molar-refractivity contribution >= 4 is 5.91 Å². The lowest BCUT2D eigenvalue weighted by Gasteiger charge is -2.20. The van der Waals surface area contributed by atoms with Crippen molar-refractivity contribution in [3.8, 4) is 0 Å². The number of amides is 1. The first-order valence-corrected chi connectivity index (χ1v) is 6.16. The fourth-order valence-electron chi connectivity index (χ4n) is 1.85. The van der Waals surface area contributed by atoms with Crippen molar-refractivity contribution in [3.05, 3.63) is 0 Å². The zero-order valence-corrected chi connectivity index (χ0v) is 10.8. The van der Waals surface area contributed by atoms with Crippen LogP contribution in [0.25, 0.3) is 0 Å². The molecule has 1 N–H and O–H groups in total. The van der Waals surface area contributed by atoms with E-state index in [1.807, 2.05) is 18.7 Å². The molecule has 0 radical (unpaired) electrons. The standard InChI is InChI=1S/C12H24N2O2/c1-9(2)5-7-16-8-6-14-11(4)13-10(3)12(14)15/h9-11,13H,5-8H2,1-4H3. The molecule has 1 fully saturated rings. The largest absolute Gasteiger partial charge is 0.380 e. The van der Waals surface area contributed by atoms with Gasteiger partial charge in [0.15, 0.2) is 0 Å².